The summed E-state index contributed by atoms with van der Waals surface area (Å²) in [7, 11) is 1.53. The van der Waals surface area contributed by atoms with Gasteiger partial charge in [0, 0.05) is 20.0 Å². The highest BCUT2D eigenvalue weighted by molar-refractivity contribution is 6.01. The Bertz CT molecular complexity index is 423. The molecule has 8 heteroatoms. The van der Waals surface area contributed by atoms with Crippen molar-refractivity contribution < 1.29 is 24.3 Å². The summed E-state index contributed by atoms with van der Waals surface area (Å²) in [6.45, 7) is 1.89. The number of carbonyl (C=O) groups excluding carboxylic acids is 3. The summed E-state index contributed by atoms with van der Waals surface area (Å²) in [5.74, 6) is -1.76. The van der Waals surface area contributed by atoms with Gasteiger partial charge in [0.15, 0.2) is 0 Å². The molecule has 0 aliphatic carbocycles. The fraction of sp³-hybridized carbons (Fsp3) is 0.667. The molecule has 0 aromatic carbocycles. The van der Waals surface area contributed by atoms with Gasteiger partial charge in [-0.25, -0.2) is 9.59 Å². The van der Waals surface area contributed by atoms with E-state index in [0.29, 0.717) is 12.8 Å². The maximum atomic E-state index is 11.6. The summed E-state index contributed by atoms with van der Waals surface area (Å²) in [4.78, 5) is 47.7. The Morgan fingerprint density at radius 1 is 1.40 bits per heavy atom. The van der Waals surface area contributed by atoms with E-state index in [1.165, 1.54) is 11.9 Å². The minimum atomic E-state index is -1.08. The monoisotopic (exact) mass is 285 g/mol. The van der Waals surface area contributed by atoms with E-state index in [1.807, 2.05) is 0 Å². The van der Waals surface area contributed by atoms with Crippen LogP contribution in [0.1, 0.15) is 26.2 Å². The first-order valence-corrected chi connectivity index (χ1v) is 6.44. The van der Waals surface area contributed by atoms with E-state index in [0.717, 1.165) is 4.90 Å². The van der Waals surface area contributed by atoms with Gasteiger partial charge in [-0.2, -0.15) is 0 Å². The first kappa shape index (κ1) is 15.9. The van der Waals surface area contributed by atoms with Crippen molar-refractivity contribution >= 4 is 23.8 Å². The van der Waals surface area contributed by atoms with Crippen molar-refractivity contribution in [3.05, 3.63) is 0 Å². The van der Waals surface area contributed by atoms with Gasteiger partial charge in [-0.05, 0) is 12.8 Å². The van der Waals surface area contributed by atoms with Gasteiger partial charge < -0.3 is 15.3 Å². The maximum absolute atomic E-state index is 11.6. The molecule has 1 fully saturated rings. The summed E-state index contributed by atoms with van der Waals surface area (Å²) in [5, 5.41) is 11.2. The van der Waals surface area contributed by atoms with Crippen LogP contribution in [0.15, 0.2) is 0 Å². The number of likely N-dealkylation sites (N-methyl/N-ethyl adjacent to an activating group) is 1. The van der Waals surface area contributed by atoms with E-state index in [-0.39, 0.29) is 31.4 Å². The number of imide groups is 1. The van der Waals surface area contributed by atoms with E-state index in [4.69, 9.17) is 5.11 Å². The smallest absolute Gasteiger partial charge is 0.326 e. The SMILES string of the molecule is CC[C@H](NC(=O)CCCN1C(=O)CN(C)C1=O)C(=O)O. The van der Waals surface area contributed by atoms with Gasteiger partial charge in [-0.3, -0.25) is 14.5 Å². The number of urea groups is 1. The van der Waals surface area contributed by atoms with Crippen LogP contribution in [0.2, 0.25) is 0 Å². The quantitative estimate of drug-likeness (QED) is 0.621. The van der Waals surface area contributed by atoms with Gasteiger partial charge in [0.1, 0.15) is 12.6 Å². The Morgan fingerprint density at radius 2 is 2.05 bits per heavy atom. The van der Waals surface area contributed by atoms with E-state index < -0.39 is 17.9 Å². The number of amides is 4. The predicted octanol–water partition coefficient (Wildman–Crippen LogP) is -0.360. The first-order chi connectivity index (χ1) is 9.36. The highest BCUT2D eigenvalue weighted by Crippen LogP contribution is 2.09. The second-order valence-electron chi connectivity index (χ2n) is 4.65. The molecule has 20 heavy (non-hydrogen) atoms. The van der Waals surface area contributed by atoms with Crippen LogP contribution in [0.5, 0.6) is 0 Å². The second-order valence-corrected chi connectivity index (χ2v) is 4.65. The van der Waals surface area contributed by atoms with E-state index in [9.17, 15) is 19.2 Å². The van der Waals surface area contributed by atoms with Gasteiger partial charge in [0.25, 0.3) is 0 Å². The molecule has 0 spiro atoms. The minimum absolute atomic E-state index is 0.0575. The Morgan fingerprint density at radius 3 is 2.50 bits per heavy atom. The van der Waals surface area contributed by atoms with Crippen LogP contribution in [-0.4, -0.2) is 64.9 Å². The van der Waals surface area contributed by atoms with Gasteiger partial charge in [-0.15, -0.1) is 0 Å². The van der Waals surface area contributed by atoms with Crippen molar-refractivity contribution in [2.24, 2.45) is 0 Å². The molecule has 1 aliphatic rings. The van der Waals surface area contributed by atoms with Gasteiger partial charge in [0.2, 0.25) is 11.8 Å². The second kappa shape index (κ2) is 6.88. The third-order valence-electron chi connectivity index (χ3n) is 3.06. The van der Waals surface area contributed by atoms with Crippen LogP contribution in [-0.2, 0) is 14.4 Å². The number of nitrogens with one attached hydrogen (secondary N) is 1. The third kappa shape index (κ3) is 3.94. The van der Waals surface area contributed by atoms with Crippen molar-refractivity contribution in [2.45, 2.75) is 32.2 Å². The lowest BCUT2D eigenvalue weighted by Crippen LogP contribution is -2.40. The zero-order valence-electron chi connectivity index (χ0n) is 11.6. The molecule has 1 rings (SSSR count). The molecular weight excluding hydrogens is 266 g/mol. The van der Waals surface area contributed by atoms with Crippen molar-refractivity contribution in [3.8, 4) is 0 Å². The molecule has 0 radical (unpaired) electrons. The van der Waals surface area contributed by atoms with E-state index in [2.05, 4.69) is 5.32 Å². The lowest BCUT2D eigenvalue weighted by Gasteiger charge is -2.15. The number of carbonyl (C=O) groups is 4. The predicted molar refractivity (Wildman–Crippen MR) is 68.8 cm³/mol. The average molecular weight is 285 g/mol. The largest absolute Gasteiger partial charge is 0.480 e. The molecule has 0 aromatic rings. The van der Waals surface area contributed by atoms with E-state index >= 15 is 0 Å². The molecule has 1 saturated heterocycles. The lowest BCUT2D eigenvalue weighted by molar-refractivity contribution is -0.141. The molecule has 4 amide bonds. The fourth-order valence-electron chi connectivity index (χ4n) is 1.89. The summed E-state index contributed by atoms with van der Waals surface area (Å²) in [6, 6.07) is -1.27. The molecule has 1 aliphatic heterocycles. The number of hydrogen-bond donors (Lipinski definition) is 2. The van der Waals surface area contributed by atoms with E-state index in [1.54, 1.807) is 6.92 Å². The molecule has 2 N–H and O–H groups in total. The fourth-order valence-corrected chi connectivity index (χ4v) is 1.89. The summed E-state index contributed by atoms with van der Waals surface area (Å²) < 4.78 is 0. The zero-order valence-corrected chi connectivity index (χ0v) is 11.6. The average Bonchev–Trinajstić information content (AvgIpc) is 2.61. The molecule has 0 unspecified atom stereocenters. The van der Waals surface area contributed by atoms with Crippen molar-refractivity contribution in [1.29, 1.82) is 0 Å². The molecule has 0 aromatic heterocycles. The molecular formula is C12H19N3O5. The standard InChI is InChI=1S/C12H19N3O5/c1-3-8(11(18)19)13-9(16)5-4-6-15-10(17)7-14(2)12(15)20/h8H,3-7H2,1-2H3,(H,13,16)(H,18,19)/t8-/m0/s1. The van der Waals surface area contributed by atoms with Crippen LogP contribution in [0.25, 0.3) is 0 Å². The van der Waals surface area contributed by atoms with Crippen LogP contribution < -0.4 is 5.32 Å². The van der Waals surface area contributed by atoms with Crippen LogP contribution in [0.3, 0.4) is 0 Å². The Hall–Kier alpha value is -2.12. The molecule has 0 saturated carbocycles. The van der Waals surface area contributed by atoms with Crippen LogP contribution >= 0.6 is 0 Å². The molecule has 1 atom stereocenters. The third-order valence-corrected chi connectivity index (χ3v) is 3.06. The highest BCUT2D eigenvalue weighted by Gasteiger charge is 2.32. The lowest BCUT2D eigenvalue weighted by atomic mass is 10.2. The molecule has 1 heterocycles. The summed E-state index contributed by atoms with van der Waals surface area (Å²) in [6.07, 6.45) is 0.687. The number of rotatable bonds is 7. The Labute approximate surface area is 116 Å². The van der Waals surface area contributed by atoms with Gasteiger partial charge in [0.05, 0.1) is 0 Å². The molecule has 8 nitrogen and oxygen atoms in total. The number of hydrogen-bond acceptors (Lipinski definition) is 4. The molecule has 112 valence electrons. The number of carboxylic acid groups (broad SMARTS) is 1. The van der Waals surface area contributed by atoms with Crippen LogP contribution in [0.4, 0.5) is 4.79 Å². The Kier molecular flexibility index (Phi) is 5.48. The van der Waals surface area contributed by atoms with Crippen molar-refractivity contribution in [3.63, 3.8) is 0 Å². The topological polar surface area (TPSA) is 107 Å². The maximum Gasteiger partial charge on any atom is 0.326 e. The van der Waals surface area contributed by atoms with Gasteiger partial charge >= 0.3 is 12.0 Å². The summed E-state index contributed by atoms with van der Waals surface area (Å²) >= 11 is 0. The molecule has 0 bridgehead atoms. The number of aliphatic carboxylic acids is 1. The summed E-state index contributed by atoms with van der Waals surface area (Å²) in [5.41, 5.74) is 0. The zero-order chi connectivity index (χ0) is 15.3. The van der Waals surface area contributed by atoms with Crippen LogP contribution in [0, 0.1) is 0 Å². The highest BCUT2D eigenvalue weighted by atomic mass is 16.4. The Balaban J connectivity index is 2.34. The number of nitrogens with zero attached hydrogens (tertiary/aromatic N) is 2. The number of carboxylic acids is 1. The minimum Gasteiger partial charge on any atom is -0.480 e. The first-order valence-electron chi connectivity index (χ1n) is 6.44. The van der Waals surface area contributed by atoms with Gasteiger partial charge in [-0.1, -0.05) is 6.92 Å². The normalized spacial score (nSPS) is 16.5. The van der Waals surface area contributed by atoms with Crippen molar-refractivity contribution in [2.75, 3.05) is 20.1 Å². The van der Waals surface area contributed by atoms with Crippen molar-refractivity contribution in [1.82, 2.24) is 15.1 Å².